The first-order chi connectivity index (χ1) is 9.61. The van der Waals surface area contributed by atoms with Crippen molar-refractivity contribution in [1.82, 2.24) is 9.88 Å². The van der Waals surface area contributed by atoms with Crippen LogP contribution >= 0.6 is 0 Å². The van der Waals surface area contributed by atoms with Gasteiger partial charge in [0, 0.05) is 18.8 Å². The summed E-state index contributed by atoms with van der Waals surface area (Å²) in [5.74, 6) is -1.16. The highest BCUT2D eigenvalue weighted by atomic mass is 19.1. The number of rotatable bonds is 3. The summed E-state index contributed by atoms with van der Waals surface area (Å²) in [5.41, 5.74) is 0.336. The Bertz CT molecular complexity index is 490. The van der Waals surface area contributed by atoms with Gasteiger partial charge in [-0.15, -0.1) is 0 Å². The molecule has 2 heterocycles. The first-order valence-electron chi connectivity index (χ1n) is 6.61. The molecule has 0 aliphatic carbocycles. The first kappa shape index (κ1) is 14.4. The molecular formula is C14H17FN2O3. The lowest BCUT2D eigenvalue weighted by Gasteiger charge is -2.35. The van der Waals surface area contributed by atoms with Crippen LogP contribution in [0.25, 0.3) is 0 Å². The Morgan fingerprint density at radius 1 is 1.45 bits per heavy atom. The van der Waals surface area contributed by atoms with Gasteiger partial charge in [-0.1, -0.05) is 0 Å². The molecule has 1 atom stereocenters. The summed E-state index contributed by atoms with van der Waals surface area (Å²) in [5, 5.41) is 0. The van der Waals surface area contributed by atoms with Gasteiger partial charge in [-0.2, -0.15) is 4.39 Å². The summed E-state index contributed by atoms with van der Waals surface area (Å²) >= 11 is 0. The number of aromatic nitrogens is 1. The number of halogens is 1. The molecule has 6 heteroatoms. The van der Waals surface area contributed by atoms with Crippen LogP contribution in [-0.2, 0) is 9.53 Å². The van der Waals surface area contributed by atoms with Crippen LogP contribution in [0.4, 0.5) is 4.39 Å². The van der Waals surface area contributed by atoms with Crippen molar-refractivity contribution in [3.8, 4) is 0 Å². The molecule has 5 nitrogen and oxygen atoms in total. The molecule has 0 aromatic carbocycles. The Morgan fingerprint density at radius 3 is 2.90 bits per heavy atom. The van der Waals surface area contributed by atoms with Gasteiger partial charge in [0.25, 0.3) is 5.91 Å². The summed E-state index contributed by atoms with van der Waals surface area (Å²) in [6.45, 7) is 0.595. The molecule has 1 amide bonds. The Hall–Kier alpha value is -1.98. The SMILES string of the molecule is COC(=O)CC1CCCCN1C(=O)c1ccc(F)nc1. The first-order valence-corrected chi connectivity index (χ1v) is 6.61. The second kappa shape index (κ2) is 6.45. The standard InChI is InChI=1S/C14H17FN2O3/c1-20-13(18)8-11-4-2-3-7-17(11)14(19)10-5-6-12(15)16-9-10/h5-6,9,11H,2-4,7-8H2,1H3. The fourth-order valence-electron chi connectivity index (χ4n) is 2.42. The van der Waals surface area contributed by atoms with E-state index >= 15 is 0 Å². The monoisotopic (exact) mass is 280 g/mol. The zero-order valence-electron chi connectivity index (χ0n) is 11.3. The molecule has 1 aliphatic heterocycles. The molecule has 1 aromatic rings. The average Bonchev–Trinajstić information content (AvgIpc) is 2.48. The molecule has 0 spiro atoms. The average molecular weight is 280 g/mol. The highest BCUT2D eigenvalue weighted by molar-refractivity contribution is 5.94. The zero-order chi connectivity index (χ0) is 14.5. The molecule has 2 rings (SSSR count). The maximum absolute atomic E-state index is 12.8. The lowest BCUT2D eigenvalue weighted by molar-refractivity contribution is -0.142. The minimum atomic E-state index is -0.619. The highest BCUT2D eigenvalue weighted by Crippen LogP contribution is 2.22. The van der Waals surface area contributed by atoms with Gasteiger partial charge in [-0.25, -0.2) is 4.98 Å². The Kier molecular flexibility index (Phi) is 4.65. The summed E-state index contributed by atoms with van der Waals surface area (Å²) in [6.07, 6.45) is 4.07. The molecule has 0 radical (unpaired) electrons. The van der Waals surface area contributed by atoms with Crippen LogP contribution in [0.15, 0.2) is 18.3 Å². The minimum Gasteiger partial charge on any atom is -0.469 e. The van der Waals surface area contributed by atoms with E-state index in [0.717, 1.165) is 25.3 Å². The number of amides is 1. The highest BCUT2D eigenvalue weighted by Gasteiger charge is 2.29. The van der Waals surface area contributed by atoms with Crippen LogP contribution in [0.1, 0.15) is 36.0 Å². The van der Waals surface area contributed by atoms with Crippen molar-refractivity contribution in [2.75, 3.05) is 13.7 Å². The third-order valence-electron chi connectivity index (χ3n) is 3.49. The molecule has 1 saturated heterocycles. The van der Waals surface area contributed by atoms with Gasteiger partial charge in [0.15, 0.2) is 0 Å². The van der Waals surface area contributed by atoms with Gasteiger partial charge in [-0.3, -0.25) is 9.59 Å². The number of esters is 1. The van der Waals surface area contributed by atoms with E-state index in [1.807, 2.05) is 0 Å². The van der Waals surface area contributed by atoms with E-state index in [-0.39, 0.29) is 24.3 Å². The number of likely N-dealkylation sites (tertiary alicyclic amines) is 1. The molecule has 0 saturated carbocycles. The van der Waals surface area contributed by atoms with Crippen molar-refractivity contribution in [3.05, 3.63) is 29.8 Å². The smallest absolute Gasteiger partial charge is 0.307 e. The second-order valence-electron chi connectivity index (χ2n) is 4.80. The predicted octanol–water partition coefficient (Wildman–Crippen LogP) is 1.78. The molecule has 20 heavy (non-hydrogen) atoms. The molecule has 1 aliphatic rings. The van der Waals surface area contributed by atoms with Crippen LogP contribution in [-0.4, -0.2) is 41.5 Å². The minimum absolute atomic E-state index is 0.159. The maximum Gasteiger partial charge on any atom is 0.307 e. The van der Waals surface area contributed by atoms with E-state index in [1.54, 1.807) is 4.90 Å². The van der Waals surface area contributed by atoms with Crippen molar-refractivity contribution in [2.24, 2.45) is 0 Å². The lowest BCUT2D eigenvalue weighted by Crippen LogP contribution is -2.44. The van der Waals surface area contributed by atoms with Crippen molar-refractivity contribution in [1.29, 1.82) is 0 Å². The number of ether oxygens (including phenoxy) is 1. The molecule has 0 N–H and O–H groups in total. The maximum atomic E-state index is 12.8. The molecule has 1 aromatic heterocycles. The van der Waals surface area contributed by atoms with Gasteiger partial charge in [0.1, 0.15) is 0 Å². The second-order valence-corrected chi connectivity index (χ2v) is 4.80. The van der Waals surface area contributed by atoms with Crippen molar-refractivity contribution in [2.45, 2.75) is 31.7 Å². The Labute approximate surface area is 116 Å². The fourth-order valence-corrected chi connectivity index (χ4v) is 2.42. The van der Waals surface area contributed by atoms with Crippen LogP contribution in [0, 0.1) is 5.95 Å². The van der Waals surface area contributed by atoms with Crippen molar-refractivity contribution < 1.29 is 18.7 Å². The number of piperidine rings is 1. The third kappa shape index (κ3) is 3.31. The normalized spacial score (nSPS) is 18.7. The van der Waals surface area contributed by atoms with Gasteiger partial charge < -0.3 is 9.64 Å². The third-order valence-corrected chi connectivity index (χ3v) is 3.49. The summed E-state index contributed by atoms with van der Waals surface area (Å²) in [6, 6.07) is 2.41. The van der Waals surface area contributed by atoms with Gasteiger partial charge in [-0.05, 0) is 31.4 Å². The number of carbonyl (C=O) groups excluding carboxylic acids is 2. The number of pyridine rings is 1. The molecular weight excluding hydrogens is 263 g/mol. The van der Waals surface area contributed by atoms with Crippen LogP contribution < -0.4 is 0 Å². The van der Waals surface area contributed by atoms with Crippen molar-refractivity contribution >= 4 is 11.9 Å². The van der Waals surface area contributed by atoms with Gasteiger partial charge in [0.2, 0.25) is 5.95 Å². The zero-order valence-corrected chi connectivity index (χ0v) is 11.3. The Balaban J connectivity index is 2.12. The number of methoxy groups -OCH3 is 1. The van der Waals surface area contributed by atoms with E-state index in [4.69, 9.17) is 0 Å². The topological polar surface area (TPSA) is 59.5 Å². The van der Waals surface area contributed by atoms with Crippen LogP contribution in [0.5, 0.6) is 0 Å². The van der Waals surface area contributed by atoms with E-state index < -0.39 is 5.95 Å². The van der Waals surface area contributed by atoms with E-state index in [0.29, 0.717) is 12.1 Å². The van der Waals surface area contributed by atoms with Crippen LogP contribution in [0.2, 0.25) is 0 Å². The van der Waals surface area contributed by atoms with Crippen molar-refractivity contribution in [3.63, 3.8) is 0 Å². The summed E-state index contributed by atoms with van der Waals surface area (Å²) in [4.78, 5) is 29.0. The Morgan fingerprint density at radius 2 is 2.25 bits per heavy atom. The summed E-state index contributed by atoms with van der Waals surface area (Å²) < 4.78 is 17.5. The van der Waals surface area contributed by atoms with Crippen LogP contribution in [0.3, 0.4) is 0 Å². The number of nitrogens with zero attached hydrogens (tertiary/aromatic N) is 2. The number of carbonyl (C=O) groups is 2. The fraction of sp³-hybridized carbons (Fsp3) is 0.500. The van der Waals surface area contributed by atoms with E-state index in [2.05, 4.69) is 9.72 Å². The quantitative estimate of drug-likeness (QED) is 0.625. The lowest BCUT2D eigenvalue weighted by atomic mass is 9.98. The van der Waals surface area contributed by atoms with E-state index in [1.165, 1.54) is 19.4 Å². The molecule has 0 bridgehead atoms. The molecule has 1 unspecified atom stereocenters. The summed E-state index contributed by atoms with van der Waals surface area (Å²) in [7, 11) is 1.33. The van der Waals surface area contributed by atoms with E-state index in [9.17, 15) is 14.0 Å². The number of hydrogen-bond donors (Lipinski definition) is 0. The molecule has 108 valence electrons. The van der Waals surface area contributed by atoms with Gasteiger partial charge in [0.05, 0.1) is 19.1 Å². The van der Waals surface area contributed by atoms with Gasteiger partial charge >= 0.3 is 5.97 Å². The largest absolute Gasteiger partial charge is 0.469 e. The molecule has 1 fully saturated rings. The predicted molar refractivity (Wildman–Crippen MR) is 69.5 cm³/mol. The number of hydrogen-bond acceptors (Lipinski definition) is 4.